The van der Waals surface area contributed by atoms with Crippen LogP contribution in [0.2, 0.25) is 0 Å². The molecule has 1 heterocycles. The fraction of sp³-hybridized carbons (Fsp3) is 0.739. The molecule has 2 aliphatic carbocycles. The molecule has 1 aromatic rings. The van der Waals surface area contributed by atoms with Crippen LogP contribution >= 0.6 is 0 Å². The molecule has 0 amide bonds. The Balaban J connectivity index is 1.46. The van der Waals surface area contributed by atoms with Crippen molar-refractivity contribution in [2.24, 2.45) is 5.73 Å². The molecule has 3 aliphatic rings. The Morgan fingerprint density at radius 3 is 2.88 bits per heavy atom. The highest BCUT2D eigenvalue weighted by Crippen LogP contribution is 2.42. The SMILES string of the molecule is CCCCC1CCCC2(CCc3cc(C4CC[C@@H](N)C4)ccc3C2)O1. The molecule has 2 N–H and O–H groups in total. The van der Waals surface area contributed by atoms with Crippen molar-refractivity contribution in [3.05, 3.63) is 34.9 Å². The Hall–Kier alpha value is -0.860. The van der Waals surface area contributed by atoms with Crippen molar-refractivity contribution in [1.82, 2.24) is 0 Å². The molecule has 1 saturated carbocycles. The number of nitrogens with two attached hydrogens (primary N) is 1. The van der Waals surface area contributed by atoms with Gasteiger partial charge in [-0.05, 0) is 80.4 Å². The summed E-state index contributed by atoms with van der Waals surface area (Å²) >= 11 is 0. The quantitative estimate of drug-likeness (QED) is 0.810. The number of rotatable bonds is 4. The summed E-state index contributed by atoms with van der Waals surface area (Å²) in [7, 11) is 0. The van der Waals surface area contributed by atoms with Crippen LogP contribution < -0.4 is 5.73 Å². The predicted molar refractivity (Wildman–Crippen MR) is 104 cm³/mol. The van der Waals surface area contributed by atoms with Crippen LogP contribution in [0, 0.1) is 0 Å². The molecule has 25 heavy (non-hydrogen) atoms. The van der Waals surface area contributed by atoms with Crippen LogP contribution in [0.1, 0.15) is 93.7 Å². The first-order chi connectivity index (χ1) is 12.2. The zero-order chi connectivity index (χ0) is 17.3. The zero-order valence-electron chi connectivity index (χ0n) is 15.9. The minimum Gasteiger partial charge on any atom is -0.371 e. The van der Waals surface area contributed by atoms with Crippen molar-refractivity contribution in [1.29, 1.82) is 0 Å². The topological polar surface area (TPSA) is 35.2 Å². The van der Waals surface area contributed by atoms with E-state index in [1.165, 1.54) is 76.2 Å². The van der Waals surface area contributed by atoms with Crippen molar-refractivity contribution in [2.75, 3.05) is 0 Å². The monoisotopic (exact) mass is 341 g/mol. The van der Waals surface area contributed by atoms with Crippen LogP contribution in [0.25, 0.3) is 0 Å². The van der Waals surface area contributed by atoms with Crippen molar-refractivity contribution in [3.8, 4) is 0 Å². The van der Waals surface area contributed by atoms with Gasteiger partial charge in [-0.2, -0.15) is 0 Å². The lowest BCUT2D eigenvalue weighted by Gasteiger charge is -2.44. The lowest BCUT2D eigenvalue weighted by molar-refractivity contribution is -0.137. The van der Waals surface area contributed by atoms with Gasteiger partial charge in [-0.1, -0.05) is 38.0 Å². The summed E-state index contributed by atoms with van der Waals surface area (Å²) in [4.78, 5) is 0. The number of hydrogen-bond donors (Lipinski definition) is 1. The third-order valence-electron chi connectivity index (χ3n) is 6.99. The molecule has 0 bridgehead atoms. The van der Waals surface area contributed by atoms with Crippen molar-refractivity contribution < 1.29 is 4.74 Å². The van der Waals surface area contributed by atoms with Crippen LogP contribution in [0.4, 0.5) is 0 Å². The Kier molecular flexibility index (Phi) is 5.20. The number of unbranched alkanes of at least 4 members (excludes halogenated alkanes) is 1. The summed E-state index contributed by atoms with van der Waals surface area (Å²) in [5, 5.41) is 0. The van der Waals surface area contributed by atoms with E-state index in [2.05, 4.69) is 25.1 Å². The summed E-state index contributed by atoms with van der Waals surface area (Å²) in [6.07, 6.45) is 15.4. The van der Waals surface area contributed by atoms with E-state index in [0.717, 1.165) is 6.42 Å². The summed E-state index contributed by atoms with van der Waals surface area (Å²) in [6.45, 7) is 2.28. The van der Waals surface area contributed by atoms with E-state index < -0.39 is 0 Å². The maximum atomic E-state index is 6.70. The van der Waals surface area contributed by atoms with Crippen LogP contribution in [-0.4, -0.2) is 17.7 Å². The first-order valence-corrected chi connectivity index (χ1v) is 10.7. The summed E-state index contributed by atoms with van der Waals surface area (Å²) < 4.78 is 6.70. The lowest BCUT2D eigenvalue weighted by atomic mass is 9.75. The Bertz CT molecular complexity index is 598. The number of aryl methyl sites for hydroxylation is 1. The molecule has 4 rings (SSSR count). The van der Waals surface area contributed by atoms with Gasteiger partial charge in [-0.15, -0.1) is 0 Å². The molecule has 1 spiro atoms. The van der Waals surface area contributed by atoms with Gasteiger partial charge in [0.1, 0.15) is 0 Å². The van der Waals surface area contributed by atoms with E-state index in [-0.39, 0.29) is 5.60 Å². The average Bonchev–Trinajstić information content (AvgIpc) is 3.06. The van der Waals surface area contributed by atoms with Crippen LogP contribution in [-0.2, 0) is 17.6 Å². The Morgan fingerprint density at radius 1 is 1.16 bits per heavy atom. The number of benzene rings is 1. The molecule has 2 nitrogen and oxygen atoms in total. The molecule has 0 aromatic heterocycles. The third-order valence-corrected chi connectivity index (χ3v) is 6.99. The van der Waals surface area contributed by atoms with Gasteiger partial charge in [-0.25, -0.2) is 0 Å². The molecule has 2 fully saturated rings. The van der Waals surface area contributed by atoms with Gasteiger partial charge >= 0.3 is 0 Å². The van der Waals surface area contributed by atoms with Crippen molar-refractivity contribution in [3.63, 3.8) is 0 Å². The lowest BCUT2D eigenvalue weighted by Crippen LogP contribution is -2.45. The second-order valence-electron chi connectivity index (χ2n) is 8.93. The maximum Gasteiger partial charge on any atom is 0.0729 e. The standard InChI is InChI=1S/C23H35NO/c1-2-3-5-22-6-4-12-23(25-22)13-11-19-14-17(7-8-20(19)16-23)18-9-10-21(24)15-18/h7-8,14,18,21-22H,2-6,9-13,15-16,24H2,1H3/t18?,21-,22?,23?/m1/s1. The highest BCUT2D eigenvalue weighted by atomic mass is 16.5. The fourth-order valence-corrected chi connectivity index (χ4v) is 5.49. The molecule has 3 unspecified atom stereocenters. The van der Waals surface area contributed by atoms with Crippen molar-refractivity contribution in [2.45, 2.75) is 108 Å². The van der Waals surface area contributed by atoms with E-state index in [9.17, 15) is 0 Å². The largest absolute Gasteiger partial charge is 0.371 e. The number of ether oxygens (including phenoxy) is 1. The minimum absolute atomic E-state index is 0.140. The van der Waals surface area contributed by atoms with E-state index in [1.54, 1.807) is 11.1 Å². The Labute approximate surface area is 153 Å². The van der Waals surface area contributed by atoms with Gasteiger partial charge < -0.3 is 10.5 Å². The maximum absolute atomic E-state index is 6.70. The molecule has 1 saturated heterocycles. The Morgan fingerprint density at radius 2 is 2.08 bits per heavy atom. The second kappa shape index (κ2) is 7.40. The summed E-state index contributed by atoms with van der Waals surface area (Å²) in [6, 6.07) is 7.72. The van der Waals surface area contributed by atoms with Gasteiger partial charge in [0, 0.05) is 12.5 Å². The first-order valence-electron chi connectivity index (χ1n) is 10.7. The van der Waals surface area contributed by atoms with Crippen LogP contribution in [0.5, 0.6) is 0 Å². The molecule has 138 valence electrons. The van der Waals surface area contributed by atoms with Crippen molar-refractivity contribution >= 4 is 0 Å². The zero-order valence-corrected chi connectivity index (χ0v) is 15.9. The van der Waals surface area contributed by atoms with Gasteiger partial charge in [0.05, 0.1) is 11.7 Å². The average molecular weight is 342 g/mol. The fourth-order valence-electron chi connectivity index (χ4n) is 5.49. The van der Waals surface area contributed by atoms with E-state index in [1.807, 2.05) is 0 Å². The van der Waals surface area contributed by atoms with E-state index in [4.69, 9.17) is 10.5 Å². The highest BCUT2D eigenvalue weighted by Gasteiger charge is 2.40. The van der Waals surface area contributed by atoms with Crippen LogP contribution in [0.15, 0.2) is 18.2 Å². The van der Waals surface area contributed by atoms with E-state index >= 15 is 0 Å². The molecule has 4 atom stereocenters. The smallest absolute Gasteiger partial charge is 0.0729 e. The van der Waals surface area contributed by atoms with Gasteiger partial charge in [0.15, 0.2) is 0 Å². The number of hydrogen-bond acceptors (Lipinski definition) is 2. The summed E-state index contributed by atoms with van der Waals surface area (Å²) in [5.41, 5.74) is 10.9. The third kappa shape index (κ3) is 3.80. The second-order valence-corrected chi connectivity index (χ2v) is 8.93. The molecule has 0 radical (unpaired) electrons. The highest BCUT2D eigenvalue weighted by molar-refractivity contribution is 5.37. The molecule has 2 heteroatoms. The van der Waals surface area contributed by atoms with Gasteiger partial charge in [0.2, 0.25) is 0 Å². The molecular formula is C23H35NO. The molecular weight excluding hydrogens is 306 g/mol. The van der Waals surface area contributed by atoms with E-state index in [0.29, 0.717) is 18.1 Å². The van der Waals surface area contributed by atoms with Gasteiger partial charge in [0.25, 0.3) is 0 Å². The molecule has 1 aromatic carbocycles. The number of fused-ring (bicyclic) bond motifs is 1. The summed E-state index contributed by atoms with van der Waals surface area (Å²) in [5.74, 6) is 0.695. The minimum atomic E-state index is 0.140. The van der Waals surface area contributed by atoms with Crippen LogP contribution in [0.3, 0.4) is 0 Å². The first kappa shape index (κ1) is 17.5. The normalized spacial score (nSPS) is 35.0. The predicted octanol–water partition coefficient (Wildman–Crippen LogP) is 5.27. The van der Waals surface area contributed by atoms with Gasteiger partial charge in [-0.3, -0.25) is 0 Å². The molecule has 1 aliphatic heterocycles.